The van der Waals surface area contributed by atoms with Gasteiger partial charge in [0.25, 0.3) is 11.8 Å². The van der Waals surface area contributed by atoms with Crippen LogP contribution in [0.5, 0.6) is 11.8 Å². The van der Waals surface area contributed by atoms with E-state index in [4.69, 9.17) is 21.8 Å². The lowest BCUT2D eigenvalue weighted by Crippen LogP contribution is -2.17. The van der Waals surface area contributed by atoms with Crippen molar-refractivity contribution in [3.63, 3.8) is 0 Å². The average Bonchev–Trinajstić information content (AvgIpc) is 3.21. The molecule has 9 heteroatoms. The molecule has 0 aliphatic heterocycles. The Morgan fingerprint density at radius 1 is 1.03 bits per heavy atom. The van der Waals surface area contributed by atoms with Gasteiger partial charge in [-0.1, -0.05) is 17.7 Å². The van der Waals surface area contributed by atoms with E-state index in [1.165, 1.54) is 28.8 Å². The van der Waals surface area contributed by atoms with Crippen LogP contribution in [0, 0.1) is 0 Å². The Bertz CT molecular complexity index is 1260. The molecule has 0 bridgehead atoms. The predicted molar refractivity (Wildman–Crippen MR) is 107 cm³/mol. The van der Waals surface area contributed by atoms with Crippen molar-refractivity contribution in [2.75, 3.05) is 5.32 Å². The number of anilines is 1. The molecule has 4 rings (SSSR count). The van der Waals surface area contributed by atoms with Gasteiger partial charge in [-0.25, -0.2) is 0 Å². The lowest BCUT2D eigenvalue weighted by molar-refractivity contribution is 0.0977. The van der Waals surface area contributed by atoms with Crippen LogP contribution in [0.15, 0.2) is 59.0 Å². The molecule has 146 valence electrons. The van der Waals surface area contributed by atoms with E-state index in [-0.39, 0.29) is 28.8 Å². The van der Waals surface area contributed by atoms with Crippen LogP contribution >= 0.6 is 11.6 Å². The van der Waals surface area contributed by atoms with E-state index in [2.05, 4.69) is 5.32 Å². The fraction of sp³-hybridized carbons (Fsp3) is 0. The van der Waals surface area contributed by atoms with E-state index in [9.17, 15) is 19.8 Å². The zero-order valence-electron chi connectivity index (χ0n) is 14.7. The molecule has 29 heavy (non-hydrogen) atoms. The van der Waals surface area contributed by atoms with Crippen LogP contribution in [0.4, 0.5) is 5.69 Å². The number of furan rings is 1. The first-order valence-corrected chi connectivity index (χ1v) is 8.76. The number of carbonyl (C=O) groups is 2. The van der Waals surface area contributed by atoms with E-state index < -0.39 is 11.8 Å². The standard InChI is InChI=1S/C20H14ClN3O5/c21-11-4-5-14-13(9-11)17(18(29-14)19(22)27)23-20(28)10-2-1-3-12(8-10)24-15(25)6-7-16(24)26/h1-9,25-26H,(H2,22,27)(H,23,28). The smallest absolute Gasteiger partial charge is 0.286 e. The number of halogens is 1. The fourth-order valence-electron chi connectivity index (χ4n) is 3.02. The summed E-state index contributed by atoms with van der Waals surface area (Å²) in [7, 11) is 0. The van der Waals surface area contributed by atoms with Crippen molar-refractivity contribution in [3.05, 3.63) is 70.9 Å². The van der Waals surface area contributed by atoms with E-state index >= 15 is 0 Å². The molecule has 4 aromatic rings. The number of nitrogens with two attached hydrogens (primary N) is 1. The van der Waals surface area contributed by atoms with Gasteiger partial charge in [0.05, 0.1) is 5.69 Å². The lowest BCUT2D eigenvalue weighted by Gasteiger charge is -2.09. The molecule has 2 aromatic heterocycles. The van der Waals surface area contributed by atoms with Gasteiger partial charge in [-0.2, -0.15) is 0 Å². The molecule has 2 heterocycles. The Kier molecular flexibility index (Phi) is 4.40. The third kappa shape index (κ3) is 3.26. The second-order valence-corrected chi connectivity index (χ2v) is 6.64. The van der Waals surface area contributed by atoms with E-state index in [0.29, 0.717) is 21.7 Å². The SMILES string of the molecule is NC(=O)c1oc2ccc(Cl)cc2c1NC(=O)c1cccc(-n2c(O)ccc2O)c1. The van der Waals surface area contributed by atoms with Crippen LogP contribution in [0.3, 0.4) is 0 Å². The van der Waals surface area contributed by atoms with Crippen LogP contribution in [0.2, 0.25) is 5.02 Å². The first-order chi connectivity index (χ1) is 13.8. The molecule has 8 nitrogen and oxygen atoms in total. The molecule has 0 aliphatic rings. The first-order valence-electron chi connectivity index (χ1n) is 8.38. The summed E-state index contributed by atoms with van der Waals surface area (Å²) in [6.07, 6.45) is 0. The number of nitrogens with one attached hydrogen (secondary N) is 1. The normalized spacial score (nSPS) is 10.9. The minimum absolute atomic E-state index is 0.108. The van der Waals surface area contributed by atoms with Gasteiger partial charge >= 0.3 is 0 Å². The molecule has 2 aromatic carbocycles. The van der Waals surface area contributed by atoms with Crippen LogP contribution in [0.25, 0.3) is 16.7 Å². The van der Waals surface area contributed by atoms with E-state index in [1.807, 2.05) is 0 Å². The maximum Gasteiger partial charge on any atom is 0.286 e. The van der Waals surface area contributed by atoms with Crippen molar-refractivity contribution < 1.29 is 24.2 Å². The number of benzene rings is 2. The molecule has 0 fully saturated rings. The van der Waals surface area contributed by atoms with Crippen molar-refractivity contribution >= 4 is 40.1 Å². The topological polar surface area (TPSA) is 131 Å². The third-order valence-corrected chi connectivity index (χ3v) is 4.55. The van der Waals surface area contributed by atoms with Crippen LogP contribution in [-0.4, -0.2) is 26.6 Å². The van der Waals surface area contributed by atoms with Crippen molar-refractivity contribution in [1.82, 2.24) is 4.57 Å². The van der Waals surface area contributed by atoms with Gasteiger partial charge in [0.2, 0.25) is 5.76 Å². The van der Waals surface area contributed by atoms with Gasteiger partial charge in [0, 0.05) is 28.1 Å². The summed E-state index contributed by atoms with van der Waals surface area (Å²) >= 11 is 6.02. The number of aromatic nitrogens is 1. The summed E-state index contributed by atoms with van der Waals surface area (Å²) in [5.74, 6) is -1.97. The van der Waals surface area contributed by atoms with Gasteiger partial charge in [-0.05, 0) is 36.4 Å². The molecule has 0 aliphatic carbocycles. The Balaban J connectivity index is 1.74. The zero-order chi connectivity index (χ0) is 20.7. The molecule has 0 saturated heterocycles. The van der Waals surface area contributed by atoms with Crippen LogP contribution in [0.1, 0.15) is 20.9 Å². The largest absolute Gasteiger partial charge is 0.494 e. The summed E-state index contributed by atoms with van der Waals surface area (Å²) in [5, 5.41) is 23.2. The van der Waals surface area contributed by atoms with Gasteiger partial charge in [-0.15, -0.1) is 0 Å². The molecule has 2 amide bonds. The Morgan fingerprint density at radius 2 is 1.76 bits per heavy atom. The summed E-state index contributed by atoms with van der Waals surface area (Å²) in [6, 6.07) is 13.5. The molecular formula is C20H14ClN3O5. The summed E-state index contributed by atoms with van der Waals surface area (Å²) in [4.78, 5) is 24.6. The molecular weight excluding hydrogens is 398 g/mol. The van der Waals surface area contributed by atoms with Gasteiger partial charge in [0.1, 0.15) is 11.3 Å². The minimum atomic E-state index is -0.844. The van der Waals surface area contributed by atoms with Gasteiger partial charge < -0.3 is 25.7 Å². The van der Waals surface area contributed by atoms with Crippen LogP contribution in [-0.2, 0) is 0 Å². The number of nitrogens with zero attached hydrogens (tertiary/aromatic N) is 1. The summed E-state index contributed by atoms with van der Waals surface area (Å²) < 4.78 is 6.61. The molecule has 0 radical (unpaired) electrons. The van der Waals surface area contributed by atoms with Gasteiger partial charge in [-0.3, -0.25) is 14.2 Å². The highest BCUT2D eigenvalue weighted by molar-refractivity contribution is 6.31. The number of hydrogen-bond donors (Lipinski definition) is 4. The predicted octanol–water partition coefficient (Wildman–Crippen LogP) is 3.64. The monoisotopic (exact) mass is 411 g/mol. The van der Waals surface area contributed by atoms with Crippen molar-refractivity contribution in [2.24, 2.45) is 5.73 Å². The second kappa shape index (κ2) is 6.92. The van der Waals surface area contributed by atoms with E-state index in [0.717, 1.165) is 0 Å². The Hall–Kier alpha value is -3.91. The number of carbonyl (C=O) groups excluding carboxylic acids is 2. The molecule has 0 spiro atoms. The number of aromatic hydroxyl groups is 2. The molecule has 0 saturated carbocycles. The van der Waals surface area contributed by atoms with Crippen molar-refractivity contribution in [1.29, 1.82) is 0 Å². The second-order valence-electron chi connectivity index (χ2n) is 6.20. The molecule has 0 unspecified atom stereocenters. The minimum Gasteiger partial charge on any atom is -0.494 e. The Morgan fingerprint density at radius 3 is 2.45 bits per heavy atom. The molecule has 0 atom stereocenters. The lowest BCUT2D eigenvalue weighted by atomic mass is 10.1. The fourth-order valence-corrected chi connectivity index (χ4v) is 3.19. The highest BCUT2D eigenvalue weighted by atomic mass is 35.5. The maximum atomic E-state index is 12.8. The van der Waals surface area contributed by atoms with Crippen molar-refractivity contribution in [3.8, 4) is 17.4 Å². The number of primary amides is 1. The number of fused-ring (bicyclic) bond motifs is 1. The number of rotatable bonds is 4. The average molecular weight is 412 g/mol. The van der Waals surface area contributed by atoms with Crippen molar-refractivity contribution in [2.45, 2.75) is 0 Å². The highest BCUT2D eigenvalue weighted by Crippen LogP contribution is 2.33. The Labute approximate surface area is 168 Å². The zero-order valence-corrected chi connectivity index (χ0v) is 15.5. The van der Waals surface area contributed by atoms with Crippen LogP contribution < -0.4 is 11.1 Å². The van der Waals surface area contributed by atoms with Gasteiger partial charge in [0.15, 0.2) is 11.8 Å². The summed E-state index contributed by atoms with van der Waals surface area (Å²) in [5.41, 5.74) is 6.41. The quantitative estimate of drug-likeness (QED) is 0.407. The molecule has 5 N–H and O–H groups in total. The third-order valence-electron chi connectivity index (χ3n) is 4.32. The number of hydrogen-bond acceptors (Lipinski definition) is 5. The number of amides is 2. The summed E-state index contributed by atoms with van der Waals surface area (Å²) in [6.45, 7) is 0. The highest BCUT2D eigenvalue weighted by Gasteiger charge is 2.21. The first kappa shape index (κ1) is 18.5. The maximum absolute atomic E-state index is 12.8. The van der Waals surface area contributed by atoms with E-state index in [1.54, 1.807) is 30.3 Å².